The van der Waals surface area contributed by atoms with Gasteiger partial charge in [-0.25, -0.2) is 4.98 Å². The summed E-state index contributed by atoms with van der Waals surface area (Å²) in [7, 11) is 1.91. The van der Waals surface area contributed by atoms with E-state index in [1.165, 1.54) is 0 Å². The van der Waals surface area contributed by atoms with Gasteiger partial charge in [-0.2, -0.15) is 5.10 Å². The maximum absolute atomic E-state index is 6.12. The number of aryl methyl sites for hydroxylation is 2. The van der Waals surface area contributed by atoms with Crippen molar-refractivity contribution in [1.29, 1.82) is 0 Å². The van der Waals surface area contributed by atoms with Crippen LogP contribution in [0.4, 0.5) is 0 Å². The SMILES string of the molecule is Cc1nn(C)cc1-c1cnc(C(N)CC(C)C)[nH]1. The standard InChI is InChI=1S/C13H21N5/c1-8(2)5-11(14)13-15-6-12(16-13)10-7-18(4)17-9(10)3/h6-8,11H,5,14H2,1-4H3,(H,15,16). The molecule has 2 rings (SSSR count). The van der Waals surface area contributed by atoms with Gasteiger partial charge in [-0.3, -0.25) is 4.68 Å². The predicted octanol–water partition coefficient (Wildman–Crippen LogP) is 2.16. The third-order valence-electron chi connectivity index (χ3n) is 2.98. The van der Waals surface area contributed by atoms with E-state index in [1.807, 2.05) is 26.4 Å². The maximum atomic E-state index is 6.12. The summed E-state index contributed by atoms with van der Waals surface area (Å²) in [6.07, 6.45) is 4.75. The highest BCUT2D eigenvalue weighted by molar-refractivity contribution is 5.60. The normalized spacial score (nSPS) is 13.2. The molecule has 0 bridgehead atoms. The molecule has 5 nitrogen and oxygen atoms in total. The van der Waals surface area contributed by atoms with E-state index in [4.69, 9.17) is 5.73 Å². The molecule has 0 aliphatic carbocycles. The zero-order chi connectivity index (χ0) is 13.3. The second kappa shape index (κ2) is 4.94. The molecule has 1 atom stereocenters. The fourth-order valence-corrected chi connectivity index (χ4v) is 2.15. The van der Waals surface area contributed by atoms with E-state index in [-0.39, 0.29) is 6.04 Å². The number of hydrogen-bond acceptors (Lipinski definition) is 3. The number of nitrogens with one attached hydrogen (secondary N) is 1. The van der Waals surface area contributed by atoms with Crippen LogP contribution in [-0.4, -0.2) is 19.7 Å². The Balaban J connectivity index is 2.22. The van der Waals surface area contributed by atoms with Crippen LogP contribution in [0.5, 0.6) is 0 Å². The molecule has 5 heteroatoms. The maximum Gasteiger partial charge on any atom is 0.123 e. The molecule has 0 fully saturated rings. The summed E-state index contributed by atoms with van der Waals surface area (Å²) < 4.78 is 1.80. The van der Waals surface area contributed by atoms with Gasteiger partial charge in [-0.05, 0) is 19.3 Å². The first-order valence-corrected chi connectivity index (χ1v) is 6.28. The number of imidazole rings is 1. The lowest BCUT2D eigenvalue weighted by atomic mass is 10.0. The van der Waals surface area contributed by atoms with Crippen molar-refractivity contribution in [2.24, 2.45) is 18.7 Å². The Hall–Kier alpha value is -1.62. The molecule has 0 spiro atoms. The third kappa shape index (κ3) is 2.61. The molecule has 1 unspecified atom stereocenters. The molecule has 2 heterocycles. The first kappa shape index (κ1) is 12.8. The fourth-order valence-electron chi connectivity index (χ4n) is 2.15. The van der Waals surface area contributed by atoms with Crippen LogP contribution in [0, 0.1) is 12.8 Å². The molecule has 0 saturated heterocycles. The third-order valence-corrected chi connectivity index (χ3v) is 2.98. The van der Waals surface area contributed by atoms with Gasteiger partial charge in [-0.15, -0.1) is 0 Å². The summed E-state index contributed by atoms with van der Waals surface area (Å²) in [4.78, 5) is 7.68. The van der Waals surface area contributed by atoms with Gasteiger partial charge in [0, 0.05) is 18.8 Å². The van der Waals surface area contributed by atoms with Crippen LogP contribution in [-0.2, 0) is 7.05 Å². The van der Waals surface area contributed by atoms with E-state index < -0.39 is 0 Å². The smallest absolute Gasteiger partial charge is 0.123 e. The lowest BCUT2D eigenvalue weighted by Gasteiger charge is -2.10. The first-order chi connectivity index (χ1) is 8.47. The van der Waals surface area contributed by atoms with Gasteiger partial charge in [0.25, 0.3) is 0 Å². The number of rotatable bonds is 4. The Morgan fingerprint density at radius 3 is 2.72 bits per heavy atom. The molecule has 18 heavy (non-hydrogen) atoms. The summed E-state index contributed by atoms with van der Waals surface area (Å²) in [6, 6.07) is -0.0317. The van der Waals surface area contributed by atoms with E-state index in [0.717, 1.165) is 29.2 Å². The summed E-state index contributed by atoms with van der Waals surface area (Å²) >= 11 is 0. The highest BCUT2D eigenvalue weighted by Crippen LogP contribution is 2.23. The number of nitrogens with two attached hydrogens (primary N) is 1. The van der Waals surface area contributed by atoms with Crippen LogP contribution in [0.1, 0.15) is 37.8 Å². The molecule has 0 saturated carbocycles. The first-order valence-electron chi connectivity index (χ1n) is 6.28. The zero-order valence-corrected chi connectivity index (χ0v) is 11.4. The van der Waals surface area contributed by atoms with Gasteiger partial charge in [0.1, 0.15) is 5.82 Å². The van der Waals surface area contributed by atoms with Crippen LogP contribution in [0.2, 0.25) is 0 Å². The summed E-state index contributed by atoms with van der Waals surface area (Å²) in [5.74, 6) is 1.41. The largest absolute Gasteiger partial charge is 0.341 e. The van der Waals surface area contributed by atoms with Crippen molar-refractivity contribution in [3.63, 3.8) is 0 Å². The molecule has 0 aliphatic rings. The average Bonchev–Trinajstić information content (AvgIpc) is 2.83. The van der Waals surface area contributed by atoms with Crippen molar-refractivity contribution in [3.05, 3.63) is 23.9 Å². The quantitative estimate of drug-likeness (QED) is 0.869. The van der Waals surface area contributed by atoms with Crippen LogP contribution < -0.4 is 5.73 Å². The highest BCUT2D eigenvalue weighted by Gasteiger charge is 2.14. The molecule has 3 N–H and O–H groups in total. The van der Waals surface area contributed by atoms with Crippen LogP contribution in [0.15, 0.2) is 12.4 Å². The van der Waals surface area contributed by atoms with E-state index in [9.17, 15) is 0 Å². The van der Waals surface area contributed by atoms with Crippen molar-refractivity contribution < 1.29 is 0 Å². The Morgan fingerprint density at radius 2 is 2.17 bits per heavy atom. The second-order valence-electron chi connectivity index (χ2n) is 5.22. The Morgan fingerprint density at radius 1 is 1.44 bits per heavy atom. The number of H-pyrrole nitrogens is 1. The van der Waals surface area contributed by atoms with E-state index in [2.05, 4.69) is 28.9 Å². The lowest BCUT2D eigenvalue weighted by Crippen LogP contribution is -2.14. The topological polar surface area (TPSA) is 72.5 Å². The number of hydrogen-bond donors (Lipinski definition) is 2. The summed E-state index contributed by atoms with van der Waals surface area (Å²) in [5.41, 5.74) is 9.17. The van der Waals surface area contributed by atoms with Gasteiger partial charge >= 0.3 is 0 Å². The monoisotopic (exact) mass is 247 g/mol. The highest BCUT2D eigenvalue weighted by atomic mass is 15.2. The van der Waals surface area contributed by atoms with Crippen molar-refractivity contribution >= 4 is 0 Å². The lowest BCUT2D eigenvalue weighted by molar-refractivity contribution is 0.496. The van der Waals surface area contributed by atoms with E-state index in [0.29, 0.717) is 5.92 Å². The zero-order valence-electron chi connectivity index (χ0n) is 11.4. The van der Waals surface area contributed by atoms with Crippen molar-refractivity contribution in [1.82, 2.24) is 19.7 Å². The molecular formula is C13H21N5. The predicted molar refractivity (Wildman–Crippen MR) is 71.9 cm³/mol. The number of aromatic nitrogens is 4. The van der Waals surface area contributed by atoms with Gasteiger partial charge < -0.3 is 10.7 Å². The molecule has 2 aromatic heterocycles. The summed E-state index contributed by atoms with van der Waals surface area (Å²) in [6.45, 7) is 6.31. The summed E-state index contributed by atoms with van der Waals surface area (Å²) in [5, 5.41) is 4.33. The average molecular weight is 247 g/mol. The minimum Gasteiger partial charge on any atom is -0.341 e. The minimum atomic E-state index is -0.0317. The Labute approximate surface area is 107 Å². The molecule has 2 aromatic rings. The van der Waals surface area contributed by atoms with Crippen LogP contribution >= 0.6 is 0 Å². The molecule has 0 aliphatic heterocycles. The Bertz CT molecular complexity index is 523. The molecule has 0 aromatic carbocycles. The van der Waals surface area contributed by atoms with Crippen molar-refractivity contribution in [3.8, 4) is 11.3 Å². The number of aromatic amines is 1. The second-order valence-corrected chi connectivity index (χ2v) is 5.22. The molecule has 98 valence electrons. The minimum absolute atomic E-state index is 0.0317. The Kier molecular flexibility index (Phi) is 3.52. The molecule has 0 radical (unpaired) electrons. The molecule has 0 amide bonds. The number of nitrogens with zero attached hydrogens (tertiary/aromatic N) is 3. The van der Waals surface area contributed by atoms with Gasteiger partial charge in [-0.1, -0.05) is 13.8 Å². The van der Waals surface area contributed by atoms with Crippen LogP contribution in [0.3, 0.4) is 0 Å². The van der Waals surface area contributed by atoms with Gasteiger partial charge in [0.2, 0.25) is 0 Å². The van der Waals surface area contributed by atoms with Crippen molar-refractivity contribution in [2.75, 3.05) is 0 Å². The van der Waals surface area contributed by atoms with E-state index >= 15 is 0 Å². The van der Waals surface area contributed by atoms with Gasteiger partial charge in [0.05, 0.1) is 23.6 Å². The van der Waals surface area contributed by atoms with Gasteiger partial charge in [0.15, 0.2) is 0 Å². The van der Waals surface area contributed by atoms with Crippen LogP contribution in [0.25, 0.3) is 11.3 Å². The molecular weight excluding hydrogens is 226 g/mol. The fraction of sp³-hybridized carbons (Fsp3) is 0.538. The van der Waals surface area contributed by atoms with Crippen molar-refractivity contribution in [2.45, 2.75) is 33.2 Å². The van der Waals surface area contributed by atoms with E-state index in [1.54, 1.807) is 4.68 Å².